The second-order valence-electron chi connectivity index (χ2n) is 6.69. The molecule has 1 N–H and O–H groups in total. The number of benzene rings is 3. The number of methoxy groups -OCH3 is 1. The summed E-state index contributed by atoms with van der Waals surface area (Å²) < 4.78 is 12.5. The van der Waals surface area contributed by atoms with Gasteiger partial charge in [0, 0.05) is 5.56 Å². The van der Waals surface area contributed by atoms with Crippen molar-refractivity contribution in [1.82, 2.24) is 10.4 Å². The Morgan fingerprint density at radius 1 is 1.06 bits per heavy atom. The fourth-order valence-corrected chi connectivity index (χ4v) is 4.67. The molecule has 1 amide bonds. The van der Waals surface area contributed by atoms with Crippen LogP contribution in [0.15, 0.2) is 82.2 Å². The molecule has 33 heavy (non-hydrogen) atoms. The molecular formula is C24H19N3O4S2. The van der Waals surface area contributed by atoms with Crippen LogP contribution in [0.4, 0.5) is 0 Å². The van der Waals surface area contributed by atoms with Gasteiger partial charge in [0.2, 0.25) is 0 Å². The van der Waals surface area contributed by atoms with Crippen LogP contribution in [-0.2, 0) is 4.79 Å². The molecule has 0 spiro atoms. The molecule has 0 bridgehead atoms. The summed E-state index contributed by atoms with van der Waals surface area (Å²) in [4.78, 5) is 29.1. The topological polar surface area (TPSA) is 89.9 Å². The first kappa shape index (κ1) is 22.5. The number of hydrazone groups is 1. The number of carbonyl (C=O) groups is 2. The van der Waals surface area contributed by atoms with E-state index in [1.54, 1.807) is 67.0 Å². The van der Waals surface area contributed by atoms with Crippen molar-refractivity contribution < 1.29 is 19.1 Å². The van der Waals surface area contributed by atoms with Crippen LogP contribution in [0.1, 0.15) is 15.9 Å². The second-order valence-corrected chi connectivity index (χ2v) is 8.94. The lowest BCUT2D eigenvalue weighted by Gasteiger charge is -2.08. The monoisotopic (exact) mass is 477 g/mol. The molecule has 0 aliphatic rings. The van der Waals surface area contributed by atoms with Crippen LogP contribution in [0.2, 0.25) is 0 Å². The number of para-hydroxylation sites is 2. The predicted molar refractivity (Wildman–Crippen MR) is 130 cm³/mol. The molecule has 0 radical (unpaired) electrons. The molecule has 166 valence electrons. The Kier molecular flexibility index (Phi) is 7.33. The standard InChI is InChI=1S/C24H19N3O4S2/c1-30-18-12-10-16(11-13-18)23(29)31-20-8-4-2-6-17(20)14-25-27-22(28)15-32-24-26-19-7-3-5-9-21(19)33-24/h2-14H,15H2,1H3,(H,27,28)/b25-14-. The third-order valence-corrected chi connectivity index (χ3v) is 6.62. The SMILES string of the molecule is COc1ccc(C(=O)Oc2ccccc2/C=N\NC(=O)CSc2nc3ccccc3s2)cc1. The molecule has 0 unspecified atom stereocenters. The summed E-state index contributed by atoms with van der Waals surface area (Å²) in [6, 6.07) is 21.4. The van der Waals surface area contributed by atoms with Crippen LogP contribution < -0.4 is 14.9 Å². The normalized spacial score (nSPS) is 10.9. The molecule has 7 nitrogen and oxygen atoms in total. The number of thioether (sulfide) groups is 1. The maximum absolute atomic E-state index is 12.4. The van der Waals surface area contributed by atoms with E-state index in [4.69, 9.17) is 9.47 Å². The number of thiazole rings is 1. The van der Waals surface area contributed by atoms with E-state index in [0.29, 0.717) is 22.6 Å². The minimum atomic E-state index is -0.505. The van der Waals surface area contributed by atoms with E-state index in [2.05, 4.69) is 15.5 Å². The molecule has 1 aromatic heterocycles. The van der Waals surface area contributed by atoms with Gasteiger partial charge in [-0.05, 0) is 48.5 Å². The average molecular weight is 478 g/mol. The number of hydrogen-bond donors (Lipinski definition) is 1. The van der Waals surface area contributed by atoms with Crippen LogP contribution in [0.5, 0.6) is 11.5 Å². The molecule has 3 aromatic carbocycles. The Balaban J connectivity index is 1.33. The van der Waals surface area contributed by atoms with Crippen molar-refractivity contribution in [2.75, 3.05) is 12.9 Å². The second kappa shape index (κ2) is 10.8. The lowest BCUT2D eigenvalue weighted by Crippen LogP contribution is -2.19. The van der Waals surface area contributed by atoms with Gasteiger partial charge in [-0.1, -0.05) is 36.0 Å². The predicted octanol–water partition coefficient (Wildman–Crippen LogP) is 4.77. The van der Waals surface area contributed by atoms with Gasteiger partial charge in [0.25, 0.3) is 5.91 Å². The smallest absolute Gasteiger partial charge is 0.343 e. The number of hydrogen-bond acceptors (Lipinski definition) is 8. The molecule has 0 saturated carbocycles. The molecule has 0 aliphatic heterocycles. The Morgan fingerprint density at radius 3 is 2.61 bits per heavy atom. The van der Waals surface area contributed by atoms with Crippen molar-refractivity contribution in [3.63, 3.8) is 0 Å². The van der Waals surface area contributed by atoms with Gasteiger partial charge in [-0.2, -0.15) is 5.10 Å². The highest BCUT2D eigenvalue weighted by Crippen LogP contribution is 2.29. The average Bonchev–Trinajstić information content (AvgIpc) is 3.27. The summed E-state index contributed by atoms with van der Waals surface area (Å²) in [5.74, 6) is 0.403. The minimum Gasteiger partial charge on any atom is -0.497 e. The van der Waals surface area contributed by atoms with Gasteiger partial charge in [0.1, 0.15) is 11.5 Å². The van der Waals surface area contributed by atoms with Gasteiger partial charge in [0.05, 0.1) is 34.9 Å². The fraction of sp³-hybridized carbons (Fsp3) is 0.0833. The summed E-state index contributed by atoms with van der Waals surface area (Å²) in [6.07, 6.45) is 1.44. The molecule has 4 rings (SSSR count). The molecule has 0 saturated heterocycles. The number of rotatable bonds is 8. The van der Waals surface area contributed by atoms with E-state index < -0.39 is 5.97 Å². The van der Waals surface area contributed by atoms with Crippen molar-refractivity contribution in [2.45, 2.75) is 4.34 Å². The van der Waals surface area contributed by atoms with Crippen LogP contribution in [0.25, 0.3) is 10.2 Å². The first-order valence-corrected chi connectivity index (χ1v) is 11.7. The van der Waals surface area contributed by atoms with Gasteiger partial charge in [-0.15, -0.1) is 11.3 Å². The van der Waals surface area contributed by atoms with E-state index in [-0.39, 0.29) is 11.7 Å². The summed E-state index contributed by atoms with van der Waals surface area (Å²) in [5.41, 5.74) is 4.36. The number of aromatic nitrogens is 1. The van der Waals surface area contributed by atoms with Crippen LogP contribution in [-0.4, -0.2) is 35.9 Å². The zero-order valence-corrected chi connectivity index (χ0v) is 19.2. The van der Waals surface area contributed by atoms with Gasteiger partial charge >= 0.3 is 5.97 Å². The quantitative estimate of drug-likeness (QED) is 0.129. The van der Waals surface area contributed by atoms with E-state index in [0.717, 1.165) is 14.6 Å². The maximum Gasteiger partial charge on any atom is 0.343 e. The van der Waals surface area contributed by atoms with Crippen molar-refractivity contribution >= 4 is 51.4 Å². The van der Waals surface area contributed by atoms with E-state index >= 15 is 0 Å². The molecule has 0 atom stereocenters. The van der Waals surface area contributed by atoms with Crippen molar-refractivity contribution in [1.29, 1.82) is 0 Å². The number of carbonyl (C=O) groups excluding carboxylic acids is 2. The lowest BCUT2D eigenvalue weighted by atomic mass is 10.2. The van der Waals surface area contributed by atoms with E-state index in [1.165, 1.54) is 18.0 Å². The van der Waals surface area contributed by atoms with Crippen molar-refractivity contribution in [3.8, 4) is 11.5 Å². The third kappa shape index (κ3) is 5.97. The highest BCUT2D eigenvalue weighted by molar-refractivity contribution is 8.01. The Labute approximate surface area is 198 Å². The first-order valence-electron chi connectivity index (χ1n) is 9.88. The molecular weight excluding hydrogens is 458 g/mol. The minimum absolute atomic E-state index is 0.186. The highest BCUT2D eigenvalue weighted by atomic mass is 32.2. The Bertz CT molecular complexity index is 1270. The van der Waals surface area contributed by atoms with Gasteiger partial charge in [-0.25, -0.2) is 15.2 Å². The number of esters is 1. The van der Waals surface area contributed by atoms with E-state index in [1.807, 2.05) is 24.3 Å². The van der Waals surface area contributed by atoms with E-state index in [9.17, 15) is 9.59 Å². The lowest BCUT2D eigenvalue weighted by molar-refractivity contribution is -0.118. The van der Waals surface area contributed by atoms with Crippen molar-refractivity contribution in [2.24, 2.45) is 5.10 Å². The summed E-state index contributed by atoms with van der Waals surface area (Å²) >= 11 is 2.90. The maximum atomic E-state index is 12.4. The summed E-state index contributed by atoms with van der Waals surface area (Å²) in [5, 5.41) is 4.00. The first-order chi connectivity index (χ1) is 16.1. The summed E-state index contributed by atoms with van der Waals surface area (Å²) in [6.45, 7) is 0. The molecule has 4 aromatic rings. The zero-order valence-electron chi connectivity index (χ0n) is 17.6. The van der Waals surface area contributed by atoms with Crippen LogP contribution in [0, 0.1) is 0 Å². The van der Waals surface area contributed by atoms with Crippen LogP contribution in [0.3, 0.4) is 0 Å². The van der Waals surface area contributed by atoms with Crippen LogP contribution >= 0.6 is 23.1 Å². The summed E-state index contributed by atoms with van der Waals surface area (Å²) in [7, 11) is 1.56. The zero-order chi connectivity index (χ0) is 23.0. The number of amides is 1. The van der Waals surface area contributed by atoms with Gasteiger partial charge in [0.15, 0.2) is 4.34 Å². The number of ether oxygens (including phenoxy) is 2. The largest absolute Gasteiger partial charge is 0.497 e. The van der Waals surface area contributed by atoms with Crippen molar-refractivity contribution in [3.05, 3.63) is 83.9 Å². The number of nitrogens with zero attached hydrogens (tertiary/aromatic N) is 2. The van der Waals surface area contributed by atoms with Gasteiger partial charge < -0.3 is 9.47 Å². The molecule has 0 fully saturated rings. The molecule has 1 heterocycles. The fourth-order valence-electron chi connectivity index (χ4n) is 2.81. The number of fused-ring (bicyclic) bond motifs is 1. The Hall–Kier alpha value is -3.69. The Morgan fingerprint density at radius 2 is 1.82 bits per heavy atom. The highest BCUT2D eigenvalue weighted by Gasteiger charge is 2.11. The molecule has 0 aliphatic carbocycles. The molecule has 9 heteroatoms. The number of nitrogens with one attached hydrogen (secondary N) is 1. The third-order valence-electron chi connectivity index (χ3n) is 4.44. The van der Waals surface area contributed by atoms with Gasteiger partial charge in [-0.3, -0.25) is 4.79 Å².